The van der Waals surface area contributed by atoms with Crippen molar-refractivity contribution in [1.29, 1.82) is 0 Å². The molecule has 0 saturated heterocycles. The van der Waals surface area contributed by atoms with Crippen LogP contribution >= 0.6 is 0 Å². The molecule has 2 aromatic rings. The number of ether oxygens (including phenoxy) is 3. The first-order valence-electron chi connectivity index (χ1n) is 8.99. The van der Waals surface area contributed by atoms with Gasteiger partial charge in [0.1, 0.15) is 0 Å². The number of nitrogens with one attached hydrogen (secondary N) is 1. The molecule has 1 fully saturated rings. The Labute approximate surface area is 164 Å². The number of carbonyl (C=O) groups excluding carboxylic acids is 2. The third-order valence-corrected chi connectivity index (χ3v) is 4.51. The average Bonchev–Trinajstić information content (AvgIpc) is 3.52. The van der Waals surface area contributed by atoms with E-state index < -0.39 is 0 Å². The number of carbonyl (C=O) groups is 2. The summed E-state index contributed by atoms with van der Waals surface area (Å²) in [5.74, 6) is 1.03. The van der Waals surface area contributed by atoms with Gasteiger partial charge in [0.15, 0.2) is 11.5 Å². The van der Waals surface area contributed by atoms with Gasteiger partial charge in [-0.15, -0.1) is 0 Å². The molecule has 2 amide bonds. The summed E-state index contributed by atoms with van der Waals surface area (Å²) in [5, 5.41) is 2.73. The number of methoxy groups -OCH3 is 3. The zero-order valence-electron chi connectivity index (χ0n) is 16.4. The lowest BCUT2D eigenvalue weighted by molar-refractivity contribution is -0.114. The SMILES string of the molecule is COc1cc(C(=O)N(c2ccc(NC(C)=O)cc2)C2CC2)cc(OC)c1OC. The minimum Gasteiger partial charge on any atom is -0.493 e. The molecular formula is C21H24N2O5. The van der Waals surface area contributed by atoms with E-state index in [0.717, 1.165) is 18.5 Å². The molecule has 7 nitrogen and oxygen atoms in total. The smallest absolute Gasteiger partial charge is 0.258 e. The molecule has 0 bridgehead atoms. The molecule has 0 atom stereocenters. The second kappa shape index (κ2) is 8.21. The van der Waals surface area contributed by atoms with E-state index in [2.05, 4.69) is 5.32 Å². The fraction of sp³-hybridized carbons (Fsp3) is 0.333. The molecule has 0 heterocycles. The Kier molecular flexibility index (Phi) is 5.73. The second-order valence-corrected chi connectivity index (χ2v) is 6.55. The van der Waals surface area contributed by atoms with Crippen molar-refractivity contribution >= 4 is 23.2 Å². The van der Waals surface area contributed by atoms with Crippen molar-refractivity contribution in [1.82, 2.24) is 0 Å². The van der Waals surface area contributed by atoms with E-state index in [0.29, 0.717) is 28.5 Å². The molecule has 28 heavy (non-hydrogen) atoms. The van der Waals surface area contributed by atoms with Crippen LogP contribution in [0.5, 0.6) is 17.2 Å². The summed E-state index contributed by atoms with van der Waals surface area (Å²) in [6.45, 7) is 1.46. The maximum atomic E-state index is 13.3. The van der Waals surface area contributed by atoms with E-state index >= 15 is 0 Å². The van der Waals surface area contributed by atoms with Gasteiger partial charge >= 0.3 is 0 Å². The van der Waals surface area contributed by atoms with Crippen LogP contribution in [0, 0.1) is 0 Å². The molecule has 0 unspecified atom stereocenters. The summed E-state index contributed by atoms with van der Waals surface area (Å²) < 4.78 is 16.1. The Hall–Kier alpha value is -3.22. The first-order valence-corrected chi connectivity index (χ1v) is 8.99. The first kappa shape index (κ1) is 19.5. The Morgan fingerprint density at radius 3 is 1.96 bits per heavy atom. The molecule has 148 valence electrons. The number of amides is 2. The van der Waals surface area contributed by atoms with Crippen molar-refractivity contribution < 1.29 is 23.8 Å². The van der Waals surface area contributed by atoms with Crippen LogP contribution < -0.4 is 24.4 Å². The average molecular weight is 384 g/mol. The van der Waals surface area contributed by atoms with Crippen molar-refractivity contribution in [2.75, 3.05) is 31.5 Å². The van der Waals surface area contributed by atoms with E-state index in [1.54, 1.807) is 29.2 Å². The summed E-state index contributed by atoms with van der Waals surface area (Å²) in [4.78, 5) is 26.3. The second-order valence-electron chi connectivity index (χ2n) is 6.55. The van der Waals surface area contributed by atoms with Gasteiger partial charge in [0.05, 0.1) is 21.3 Å². The van der Waals surface area contributed by atoms with Crippen LogP contribution in [0.3, 0.4) is 0 Å². The molecule has 1 aliphatic rings. The highest BCUT2D eigenvalue weighted by molar-refractivity contribution is 6.07. The molecule has 7 heteroatoms. The number of rotatable bonds is 7. The molecular weight excluding hydrogens is 360 g/mol. The lowest BCUT2D eigenvalue weighted by Crippen LogP contribution is -2.33. The zero-order chi connectivity index (χ0) is 20.3. The van der Waals surface area contributed by atoms with Crippen LogP contribution in [-0.2, 0) is 4.79 Å². The van der Waals surface area contributed by atoms with Crippen LogP contribution in [0.1, 0.15) is 30.1 Å². The monoisotopic (exact) mass is 384 g/mol. The lowest BCUT2D eigenvalue weighted by atomic mass is 10.1. The van der Waals surface area contributed by atoms with Crippen LogP contribution in [-0.4, -0.2) is 39.2 Å². The van der Waals surface area contributed by atoms with Gasteiger partial charge in [0.25, 0.3) is 5.91 Å². The number of anilines is 2. The largest absolute Gasteiger partial charge is 0.493 e. The number of nitrogens with zero attached hydrogens (tertiary/aromatic N) is 1. The Morgan fingerprint density at radius 1 is 0.964 bits per heavy atom. The van der Waals surface area contributed by atoms with E-state index in [9.17, 15) is 9.59 Å². The van der Waals surface area contributed by atoms with E-state index in [4.69, 9.17) is 14.2 Å². The number of hydrogen-bond acceptors (Lipinski definition) is 5. The number of hydrogen-bond donors (Lipinski definition) is 1. The van der Waals surface area contributed by atoms with E-state index in [1.165, 1.54) is 28.3 Å². The third kappa shape index (κ3) is 4.03. The van der Waals surface area contributed by atoms with Crippen LogP contribution in [0.15, 0.2) is 36.4 Å². The van der Waals surface area contributed by atoms with Crippen molar-refractivity contribution in [2.24, 2.45) is 0 Å². The van der Waals surface area contributed by atoms with Gasteiger partial charge in [-0.05, 0) is 49.2 Å². The van der Waals surface area contributed by atoms with Crippen LogP contribution in [0.4, 0.5) is 11.4 Å². The highest BCUT2D eigenvalue weighted by Gasteiger charge is 2.35. The molecule has 3 rings (SSSR count). The van der Waals surface area contributed by atoms with Crippen molar-refractivity contribution in [3.63, 3.8) is 0 Å². The van der Waals surface area contributed by atoms with Gasteiger partial charge < -0.3 is 24.4 Å². The van der Waals surface area contributed by atoms with Crippen LogP contribution in [0.25, 0.3) is 0 Å². The van der Waals surface area contributed by atoms with Crippen molar-refractivity contribution in [3.8, 4) is 17.2 Å². The number of benzene rings is 2. The molecule has 0 aliphatic heterocycles. The Morgan fingerprint density at radius 2 is 1.54 bits per heavy atom. The molecule has 1 aliphatic carbocycles. The summed E-state index contributed by atoms with van der Waals surface area (Å²) in [7, 11) is 4.56. The molecule has 2 aromatic carbocycles. The van der Waals surface area contributed by atoms with Gasteiger partial charge in [-0.25, -0.2) is 0 Å². The summed E-state index contributed by atoms with van der Waals surface area (Å²) >= 11 is 0. The predicted molar refractivity (Wildman–Crippen MR) is 107 cm³/mol. The van der Waals surface area contributed by atoms with Crippen molar-refractivity contribution in [2.45, 2.75) is 25.8 Å². The topological polar surface area (TPSA) is 77.1 Å². The minimum atomic E-state index is -0.144. The van der Waals surface area contributed by atoms with Gasteiger partial charge in [-0.3, -0.25) is 9.59 Å². The highest BCUT2D eigenvalue weighted by atomic mass is 16.5. The Bertz CT molecular complexity index is 850. The molecule has 0 radical (unpaired) electrons. The van der Waals surface area contributed by atoms with Gasteiger partial charge in [0.2, 0.25) is 11.7 Å². The summed E-state index contributed by atoms with van der Waals surface area (Å²) in [6.07, 6.45) is 1.90. The maximum Gasteiger partial charge on any atom is 0.258 e. The Balaban J connectivity index is 1.95. The molecule has 1 N–H and O–H groups in total. The molecule has 0 aromatic heterocycles. The highest BCUT2D eigenvalue weighted by Crippen LogP contribution is 2.40. The third-order valence-electron chi connectivity index (χ3n) is 4.51. The fourth-order valence-electron chi connectivity index (χ4n) is 3.08. The summed E-state index contributed by atoms with van der Waals surface area (Å²) in [5.41, 5.74) is 1.91. The summed E-state index contributed by atoms with van der Waals surface area (Å²) in [6, 6.07) is 10.7. The maximum absolute atomic E-state index is 13.3. The van der Waals surface area contributed by atoms with Gasteiger partial charge in [0, 0.05) is 29.9 Å². The van der Waals surface area contributed by atoms with Gasteiger partial charge in [-0.2, -0.15) is 0 Å². The lowest BCUT2D eigenvalue weighted by Gasteiger charge is -2.24. The van der Waals surface area contributed by atoms with Crippen molar-refractivity contribution in [3.05, 3.63) is 42.0 Å². The van der Waals surface area contributed by atoms with Crippen LogP contribution in [0.2, 0.25) is 0 Å². The quantitative estimate of drug-likeness (QED) is 0.791. The fourth-order valence-corrected chi connectivity index (χ4v) is 3.08. The standard InChI is InChI=1S/C21H24N2O5/c1-13(24)22-15-5-7-16(8-6-15)23(17-9-10-17)21(25)14-11-18(26-2)20(28-4)19(12-14)27-3/h5-8,11-12,17H,9-10H2,1-4H3,(H,22,24). The molecule has 1 saturated carbocycles. The zero-order valence-corrected chi connectivity index (χ0v) is 16.4. The van der Waals surface area contributed by atoms with E-state index in [1.807, 2.05) is 12.1 Å². The normalized spacial score (nSPS) is 12.9. The van der Waals surface area contributed by atoms with Gasteiger partial charge in [-0.1, -0.05) is 0 Å². The predicted octanol–water partition coefficient (Wildman–Crippen LogP) is 3.48. The minimum absolute atomic E-state index is 0.139. The first-order chi connectivity index (χ1) is 13.5. The molecule has 0 spiro atoms. The van der Waals surface area contributed by atoms with E-state index in [-0.39, 0.29) is 17.9 Å².